The van der Waals surface area contributed by atoms with Crippen molar-refractivity contribution in [3.63, 3.8) is 0 Å². The number of rotatable bonds is 5. The third-order valence-corrected chi connectivity index (χ3v) is 5.67. The van der Waals surface area contributed by atoms with E-state index in [4.69, 9.17) is 21.3 Å². The molecule has 0 amide bonds. The van der Waals surface area contributed by atoms with Gasteiger partial charge in [-0.15, -0.1) is 0 Å². The molecule has 5 rings (SSSR count). The fourth-order valence-electron chi connectivity index (χ4n) is 3.81. The van der Waals surface area contributed by atoms with Gasteiger partial charge < -0.3 is 15.4 Å². The lowest BCUT2D eigenvalue weighted by Gasteiger charge is -2.15. The zero-order valence-corrected chi connectivity index (χ0v) is 17.5. The van der Waals surface area contributed by atoms with Gasteiger partial charge in [-0.1, -0.05) is 11.6 Å². The molecule has 2 N–H and O–H groups in total. The molecule has 9 heteroatoms. The number of anilines is 1. The second-order valence-electron chi connectivity index (χ2n) is 7.39. The molecular formula is C21H22ClN7O. The summed E-state index contributed by atoms with van der Waals surface area (Å²) in [5.41, 5.74) is 3.68. The summed E-state index contributed by atoms with van der Waals surface area (Å²) in [4.78, 5) is 9.34. The van der Waals surface area contributed by atoms with E-state index in [-0.39, 0.29) is 0 Å². The normalized spacial score (nSPS) is 16.3. The molecular weight excluding hydrogens is 402 g/mol. The van der Waals surface area contributed by atoms with Crippen molar-refractivity contribution in [2.75, 3.05) is 25.5 Å². The fourth-order valence-corrected chi connectivity index (χ4v) is 3.97. The summed E-state index contributed by atoms with van der Waals surface area (Å²) in [6.07, 6.45) is 6.60. The number of aromatic nitrogens is 5. The van der Waals surface area contributed by atoms with Gasteiger partial charge in [-0.2, -0.15) is 5.10 Å². The van der Waals surface area contributed by atoms with Crippen molar-refractivity contribution in [2.45, 2.75) is 12.5 Å². The predicted molar refractivity (Wildman–Crippen MR) is 118 cm³/mol. The average molecular weight is 424 g/mol. The summed E-state index contributed by atoms with van der Waals surface area (Å²) >= 11 is 6.41. The smallest absolute Gasteiger partial charge is 0.147 e. The van der Waals surface area contributed by atoms with Gasteiger partial charge in [-0.05, 0) is 31.2 Å². The van der Waals surface area contributed by atoms with Crippen LogP contribution in [0.2, 0.25) is 5.02 Å². The van der Waals surface area contributed by atoms with Crippen LogP contribution in [0.25, 0.3) is 28.0 Å². The largest absolute Gasteiger partial charge is 0.496 e. The first-order chi connectivity index (χ1) is 14.6. The van der Waals surface area contributed by atoms with Crippen molar-refractivity contribution < 1.29 is 4.74 Å². The Morgan fingerprint density at radius 2 is 2.20 bits per heavy atom. The van der Waals surface area contributed by atoms with Crippen molar-refractivity contribution in [2.24, 2.45) is 7.05 Å². The van der Waals surface area contributed by atoms with Crippen molar-refractivity contribution in [3.8, 4) is 22.7 Å². The Bertz CT molecular complexity index is 1210. The van der Waals surface area contributed by atoms with Gasteiger partial charge in [0.25, 0.3) is 0 Å². The van der Waals surface area contributed by atoms with Crippen LogP contribution in [0, 0.1) is 0 Å². The number of imidazole rings is 1. The Labute approximate surface area is 178 Å². The first-order valence-electron chi connectivity index (χ1n) is 9.80. The lowest BCUT2D eigenvalue weighted by Crippen LogP contribution is -2.23. The monoisotopic (exact) mass is 423 g/mol. The summed E-state index contributed by atoms with van der Waals surface area (Å²) in [6, 6.07) is 8.09. The standard InChI is InChI=1S/C21H22ClN7O/c1-28-11-13(9-25-28)15-7-18-17(8-19(15)30-2)24-12-29(18)20-4-3-16(22)21(27-20)26-14-5-6-23-10-14/h3-4,7-9,11-12,14,23H,5-6,10H2,1-2H3,(H,26,27). The molecule has 1 unspecified atom stereocenters. The van der Waals surface area contributed by atoms with Crippen LogP contribution >= 0.6 is 11.6 Å². The number of hydrogen-bond acceptors (Lipinski definition) is 6. The molecule has 1 aliphatic rings. The van der Waals surface area contributed by atoms with Crippen LogP contribution in [-0.2, 0) is 7.05 Å². The highest BCUT2D eigenvalue weighted by molar-refractivity contribution is 6.32. The van der Waals surface area contributed by atoms with Crippen LogP contribution < -0.4 is 15.4 Å². The van der Waals surface area contributed by atoms with Crippen molar-refractivity contribution >= 4 is 28.5 Å². The van der Waals surface area contributed by atoms with Crippen molar-refractivity contribution in [1.29, 1.82) is 0 Å². The van der Waals surface area contributed by atoms with Gasteiger partial charge in [0.1, 0.15) is 23.7 Å². The van der Waals surface area contributed by atoms with E-state index in [1.54, 1.807) is 18.1 Å². The highest BCUT2D eigenvalue weighted by atomic mass is 35.5. The first kappa shape index (κ1) is 18.9. The van der Waals surface area contributed by atoms with E-state index in [0.717, 1.165) is 53.2 Å². The van der Waals surface area contributed by atoms with E-state index in [1.165, 1.54) is 0 Å². The second kappa shape index (κ2) is 7.62. The molecule has 1 saturated heterocycles. The average Bonchev–Trinajstić information content (AvgIpc) is 3.49. The summed E-state index contributed by atoms with van der Waals surface area (Å²) in [7, 11) is 3.55. The van der Waals surface area contributed by atoms with Crippen LogP contribution in [0.15, 0.2) is 43.0 Å². The molecule has 4 aromatic rings. The number of methoxy groups -OCH3 is 1. The van der Waals surface area contributed by atoms with E-state index in [9.17, 15) is 0 Å². The quantitative estimate of drug-likeness (QED) is 0.512. The van der Waals surface area contributed by atoms with Crippen LogP contribution in [-0.4, -0.2) is 50.6 Å². The summed E-state index contributed by atoms with van der Waals surface area (Å²) in [5, 5.41) is 11.7. The lowest BCUT2D eigenvalue weighted by molar-refractivity contribution is 0.417. The molecule has 0 aliphatic carbocycles. The number of hydrogen-bond donors (Lipinski definition) is 2. The fraction of sp³-hybridized carbons (Fsp3) is 0.286. The van der Waals surface area contributed by atoms with Gasteiger partial charge in [0.05, 0.1) is 29.4 Å². The Balaban J connectivity index is 1.59. The number of pyridine rings is 1. The molecule has 0 radical (unpaired) electrons. The number of ether oxygens (including phenoxy) is 1. The molecule has 1 atom stereocenters. The van der Waals surface area contributed by atoms with E-state index in [1.807, 2.05) is 42.2 Å². The van der Waals surface area contributed by atoms with Crippen LogP contribution in [0.1, 0.15) is 6.42 Å². The minimum atomic E-state index is 0.325. The molecule has 0 saturated carbocycles. The summed E-state index contributed by atoms with van der Waals surface area (Å²) in [5.74, 6) is 2.18. The second-order valence-corrected chi connectivity index (χ2v) is 7.80. The Kier molecular flexibility index (Phi) is 4.80. The molecule has 1 fully saturated rings. The van der Waals surface area contributed by atoms with E-state index in [2.05, 4.69) is 26.8 Å². The van der Waals surface area contributed by atoms with Crippen LogP contribution in [0.4, 0.5) is 5.82 Å². The maximum Gasteiger partial charge on any atom is 0.147 e. The Morgan fingerprint density at radius 1 is 1.30 bits per heavy atom. The molecule has 4 heterocycles. The molecule has 0 spiro atoms. The maximum absolute atomic E-state index is 6.41. The predicted octanol–water partition coefficient (Wildman–Crippen LogP) is 3.26. The zero-order chi connectivity index (χ0) is 20.7. The van der Waals surface area contributed by atoms with Gasteiger partial charge in [-0.3, -0.25) is 9.25 Å². The number of fused-ring (bicyclic) bond motifs is 1. The third kappa shape index (κ3) is 3.38. The number of halogens is 1. The van der Waals surface area contributed by atoms with E-state index in [0.29, 0.717) is 16.9 Å². The lowest BCUT2D eigenvalue weighted by atomic mass is 10.1. The number of aryl methyl sites for hydroxylation is 1. The minimum absolute atomic E-state index is 0.325. The third-order valence-electron chi connectivity index (χ3n) is 5.36. The number of benzene rings is 1. The minimum Gasteiger partial charge on any atom is -0.496 e. The molecule has 1 aromatic carbocycles. The number of nitrogens with zero attached hydrogens (tertiary/aromatic N) is 5. The molecule has 0 bridgehead atoms. The zero-order valence-electron chi connectivity index (χ0n) is 16.8. The Hall–Kier alpha value is -3.10. The molecule has 30 heavy (non-hydrogen) atoms. The van der Waals surface area contributed by atoms with Crippen LogP contribution in [0.3, 0.4) is 0 Å². The van der Waals surface area contributed by atoms with Gasteiger partial charge in [0.15, 0.2) is 0 Å². The molecule has 154 valence electrons. The van der Waals surface area contributed by atoms with Gasteiger partial charge in [0.2, 0.25) is 0 Å². The Morgan fingerprint density at radius 3 is 2.93 bits per heavy atom. The highest BCUT2D eigenvalue weighted by Crippen LogP contribution is 2.34. The maximum atomic E-state index is 6.41. The van der Waals surface area contributed by atoms with Crippen molar-refractivity contribution in [1.82, 2.24) is 29.6 Å². The molecule has 8 nitrogen and oxygen atoms in total. The first-order valence-corrected chi connectivity index (χ1v) is 10.2. The van der Waals surface area contributed by atoms with Gasteiger partial charge in [0, 0.05) is 43.0 Å². The summed E-state index contributed by atoms with van der Waals surface area (Å²) < 4.78 is 9.34. The van der Waals surface area contributed by atoms with Crippen LogP contribution in [0.5, 0.6) is 5.75 Å². The summed E-state index contributed by atoms with van der Waals surface area (Å²) in [6.45, 7) is 1.91. The molecule has 1 aliphatic heterocycles. The van der Waals surface area contributed by atoms with Gasteiger partial charge >= 0.3 is 0 Å². The highest BCUT2D eigenvalue weighted by Gasteiger charge is 2.18. The van der Waals surface area contributed by atoms with Crippen molar-refractivity contribution in [3.05, 3.63) is 48.0 Å². The van der Waals surface area contributed by atoms with E-state index < -0.39 is 0 Å². The molecule has 3 aromatic heterocycles. The number of nitrogens with one attached hydrogen (secondary N) is 2. The van der Waals surface area contributed by atoms with Gasteiger partial charge in [-0.25, -0.2) is 9.97 Å². The SMILES string of the molecule is COc1cc2ncn(-c3ccc(Cl)c(NC4CCNC4)n3)c2cc1-c1cnn(C)c1. The van der Waals surface area contributed by atoms with E-state index >= 15 is 0 Å². The topological polar surface area (TPSA) is 81.8 Å².